The summed E-state index contributed by atoms with van der Waals surface area (Å²) in [7, 11) is 5.90. The molecule has 0 aromatic rings. The highest BCUT2D eigenvalue weighted by Gasteiger charge is 2.39. The zero-order valence-corrected chi connectivity index (χ0v) is 30.8. The minimum atomic E-state index is -1.08. The topological polar surface area (TPSA) is 161 Å². The Hall–Kier alpha value is -2.68. The first kappa shape index (κ1) is 42.3. The highest BCUT2D eigenvalue weighted by Crippen LogP contribution is 2.22. The van der Waals surface area contributed by atoms with E-state index >= 15 is 0 Å². The predicted octanol–water partition coefficient (Wildman–Crippen LogP) is 1.99. The molecule has 1 fully saturated rings. The highest BCUT2D eigenvalue weighted by atomic mass is 32.2. The number of methoxy groups -OCH3 is 1. The lowest BCUT2D eigenvalue weighted by molar-refractivity contribution is -0.149. The summed E-state index contributed by atoms with van der Waals surface area (Å²) in [6.07, 6.45) is 6.11. The average molecular weight is 685 g/mol. The van der Waals surface area contributed by atoms with Crippen LogP contribution in [0.15, 0.2) is 12.2 Å². The molecule has 6 amide bonds. The van der Waals surface area contributed by atoms with Crippen LogP contribution in [0.5, 0.6) is 0 Å². The average Bonchev–Trinajstić information content (AvgIpc) is 3.57. The Morgan fingerprint density at radius 2 is 1.68 bits per heavy atom. The van der Waals surface area contributed by atoms with Crippen LogP contribution >= 0.6 is 11.8 Å². The van der Waals surface area contributed by atoms with Gasteiger partial charge < -0.3 is 35.2 Å². The number of ether oxygens (including phenoxy) is 1. The molecule has 0 aromatic carbocycles. The van der Waals surface area contributed by atoms with E-state index in [4.69, 9.17) is 4.74 Å². The number of allylic oxidation sites excluding steroid dienone is 2. The van der Waals surface area contributed by atoms with Gasteiger partial charge in [0.15, 0.2) is 0 Å². The Balaban J connectivity index is 3.23. The van der Waals surface area contributed by atoms with Crippen molar-refractivity contribution in [1.29, 1.82) is 0 Å². The van der Waals surface area contributed by atoms with Crippen molar-refractivity contribution in [2.24, 2.45) is 5.92 Å². The molecular weight excluding hydrogens is 624 g/mol. The van der Waals surface area contributed by atoms with Crippen LogP contribution < -0.4 is 16.0 Å². The second kappa shape index (κ2) is 21.3. The maximum absolute atomic E-state index is 14.2. The molecule has 0 radical (unpaired) electrons. The SMILES string of the molecule is C/C=C/C[C@@H](C)[C@@H](O)CC(=O)N[C@@H](CC)C(=O)N(C)[C@H](CSCCN1CCCC1)C(=O)N(C)[C@@H](CC(C)(C)OC)C(=O)NC(=O)NC. The fraction of sp³-hybridized carbons (Fsp3) is 0.788. The van der Waals surface area contributed by atoms with E-state index in [-0.39, 0.29) is 30.9 Å². The lowest BCUT2D eigenvalue weighted by Crippen LogP contribution is -2.59. The molecular formula is C33H60N6O7S. The van der Waals surface area contributed by atoms with E-state index in [2.05, 4.69) is 20.9 Å². The standard InChI is InChI=1S/C33H60N6O7S/c1-10-12-15-23(3)27(40)20-28(41)35-24(11-2)30(43)38(8)26(22-47-19-18-39-16-13-14-17-39)31(44)37(7)25(21-33(4,5)46-9)29(42)36-32(45)34-6/h10,12,23-27,40H,11,13-22H2,1-9H3,(H,35,41)(H2,34,36,42,45)/b12-10+/t23-,24+,25+,26-,27+/m1/s1. The Kier molecular flexibility index (Phi) is 19.2. The van der Waals surface area contributed by atoms with Crippen molar-refractivity contribution >= 4 is 41.4 Å². The van der Waals surface area contributed by atoms with E-state index in [1.165, 1.54) is 50.9 Å². The van der Waals surface area contributed by atoms with Gasteiger partial charge in [-0.1, -0.05) is 26.0 Å². The number of likely N-dealkylation sites (N-methyl/N-ethyl adjacent to an activating group) is 2. The van der Waals surface area contributed by atoms with Crippen molar-refractivity contribution in [3.8, 4) is 0 Å². The van der Waals surface area contributed by atoms with E-state index in [1.807, 2.05) is 26.0 Å². The first-order valence-corrected chi connectivity index (χ1v) is 17.8. The molecule has 13 nitrogen and oxygen atoms in total. The number of aliphatic hydroxyl groups is 1. The number of likely N-dealkylation sites (tertiary alicyclic amines) is 1. The molecule has 5 atom stereocenters. The van der Waals surface area contributed by atoms with Gasteiger partial charge in [-0.15, -0.1) is 0 Å². The second-order valence-electron chi connectivity index (χ2n) is 12.9. The number of hydrogen-bond donors (Lipinski definition) is 4. The summed E-state index contributed by atoms with van der Waals surface area (Å²) in [5.74, 6) is -1.18. The molecule has 1 rings (SSSR count). The fourth-order valence-corrected chi connectivity index (χ4v) is 6.38. The number of aliphatic hydroxyl groups excluding tert-OH is 1. The number of nitrogens with one attached hydrogen (secondary N) is 3. The number of nitrogens with zero attached hydrogens (tertiary/aromatic N) is 3. The number of carbonyl (C=O) groups excluding carboxylic acids is 5. The predicted molar refractivity (Wildman–Crippen MR) is 186 cm³/mol. The van der Waals surface area contributed by atoms with Gasteiger partial charge >= 0.3 is 6.03 Å². The number of imide groups is 1. The number of rotatable bonds is 20. The van der Waals surface area contributed by atoms with E-state index in [0.717, 1.165) is 25.4 Å². The maximum atomic E-state index is 14.2. The van der Waals surface area contributed by atoms with Crippen LogP contribution in [0.3, 0.4) is 0 Å². The number of urea groups is 1. The molecule has 14 heteroatoms. The van der Waals surface area contributed by atoms with Gasteiger partial charge in [0.05, 0.1) is 18.1 Å². The maximum Gasteiger partial charge on any atom is 0.321 e. The third kappa shape index (κ3) is 14.5. The van der Waals surface area contributed by atoms with Crippen LogP contribution in [0.4, 0.5) is 4.79 Å². The van der Waals surface area contributed by atoms with E-state index in [0.29, 0.717) is 6.42 Å². The minimum absolute atomic E-state index is 0.0868. The third-order valence-electron chi connectivity index (χ3n) is 8.78. The Bertz CT molecular complexity index is 1050. The first-order chi connectivity index (χ1) is 22.1. The summed E-state index contributed by atoms with van der Waals surface area (Å²) < 4.78 is 5.55. The number of amides is 6. The van der Waals surface area contributed by atoms with Crippen LogP contribution in [-0.4, -0.2) is 139 Å². The smallest absolute Gasteiger partial charge is 0.321 e. The van der Waals surface area contributed by atoms with Gasteiger partial charge in [-0.3, -0.25) is 24.5 Å². The summed E-state index contributed by atoms with van der Waals surface area (Å²) in [5.41, 5.74) is -0.812. The van der Waals surface area contributed by atoms with Gasteiger partial charge in [0.25, 0.3) is 5.91 Å². The molecule has 0 aliphatic carbocycles. The van der Waals surface area contributed by atoms with Crippen molar-refractivity contribution in [1.82, 2.24) is 30.7 Å². The van der Waals surface area contributed by atoms with Crippen molar-refractivity contribution in [2.45, 2.75) is 103 Å². The molecule has 47 heavy (non-hydrogen) atoms. The van der Waals surface area contributed by atoms with Gasteiger partial charge in [-0.2, -0.15) is 11.8 Å². The van der Waals surface area contributed by atoms with Gasteiger partial charge in [0.2, 0.25) is 17.7 Å². The fourth-order valence-electron chi connectivity index (χ4n) is 5.23. The second-order valence-corrected chi connectivity index (χ2v) is 14.0. The zero-order chi connectivity index (χ0) is 35.7. The monoisotopic (exact) mass is 684 g/mol. The highest BCUT2D eigenvalue weighted by molar-refractivity contribution is 7.99. The summed E-state index contributed by atoms with van der Waals surface area (Å²) >= 11 is 1.54. The Morgan fingerprint density at radius 1 is 1.06 bits per heavy atom. The van der Waals surface area contributed by atoms with Gasteiger partial charge in [-0.05, 0) is 65.5 Å². The zero-order valence-electron chi connectivity index (χ0n) is 30.0. The molecule has 0 bridgehead atoms. The molecule has 0 saturated carbocycles. The summed E-state index contributed by atoms with van der Waals surface area (Å²) in [6, 6.07) is -3.67. The van der Waals surface area contributed by atoms with Crippen LogP contribution in [0.1, 0.15) is 73.1 Å². The quantitative estimate of drug-likeness (QED) is 0.111. The number of thioether (sulfide) groups is 1. The lowest BCUT2D eigenvalue weighted by Gasteiger charge is -2.37. The van der Waals surface area contributed by atoms with E-state index < -0.39 is 59.5 Å². The molecule has 1 saturated heterocycles. The van der Waals surface area contributed by atoms with Crippen LogP contribution in [0, 0.1) is 5.92 Å². The van der Waals surface area contributed by atoms with E-state index in [1.54, 1.807) is 32.5 Å². The summed E-state index contributed by atoms with van der Waals surface area (Å²) in [4.78, 5) is 71.2. The van der Waals surface area contributed by atoms with Crippen LogP contribution in [0.2, 0.25) is 0 Å². The first-order valence-electron chi connectivity index (χ1n) is 16.6. The normalized spacial score (nSPS) is 17.0. The third-order valence-corrected chi connectivity index (χ3v) is 9.80. The molecule has 1 aliphatic heterocycles. The molecule has 0 aromatic heterocycles. The molecule has 0 unspecified atom stereocenters. The minimum Gasteiger partial charge on any atom is -0.392 e. The van der Waals surface area contributed by atoms with Gasteiger partial charge in [0, 0.05) is 52.7 Å². The summed E-state index contributed by atoms with van der Waals surface area (Å²) in [6.45, 7) is 12.0. The molecule has 4 N–H and O–H groups in total. The molecule has 1 aliphatic rings. The molecule has 270 valence electrons. The van der Waals surface area contributed by atoms with Crippen molar-refractivity contribution in [3.63, 3.8) is 0 Å². The molecule has 0 spiro atoms. The molecule has 1 heterocycles. The van der Waals surface area contributed by atoms with E-state index in [9.17, 15) is 29.1 Å². The van der Waals surface area contributed by atoms with Crippen LogP contribution in [-0.2, 0) is 23.9 Å². The van der Waals surface area contributed by atoms with Crippen molar-refractivity contribution < 1.29 is 33.8 Å². The lowest BCUT2D eigenvalue weighted by atomic mass is 9.96. The van der Waals surface area contributed by atoms with Crippen molar-refractivity contribution in [2.75, 3.05) is 59.4 Å². The van der Waals surface area contributed by atoms with Gasteiger partial charge in [-0.25, -0.2) is 4.79 Å². The Labute approximate surface area is 285 Å². The van der Waals surface area contributed by atoms with Crippen molar-refractivity contribution in [3.05, 3.63) is 12.2 Å². The number of carbonyl (C=O) groups is 5. The van der Waals surface area contributed by atoms with Gasteiger partial charge in [0.1, 0.15) is 18.1 Å². The summed E-state index contributed by atoms with van der Waals surface area (Å²) in [5, 5.41) is 17.9. The Morgan fingerprint density at radius 3 is 2.23 bits per heavy atom. The van der Waals surface area contributed by atoms with Crippen LogP contribution in [0.25, 0.3) is 0 Å². The largest absolute Gasteiger partial charge is 0.392 e. The number of hydrogen-bond acceptors (Lipinski definition) is 9.